The number of methoxy groups -OCH3 is 1. The van der Waals surface area contributed by atoms with E-state index in [4.69, 9.17) is 0 Å². The summed E-state index contributed by atoms with van der Waals surface area (Å²) < 4.78 is 4.62. The number of esters is 1. The van der Waals surface area contributed by atoms with Crippen LogP contribution in [0, 0.1) is 6.92 Å². The van der Waals surface area contributed by atoms with Crippen molar-refractivity contribution in [2.75, 3.05) is 25.6 Å². The van der Waals surface area contributed by atoms with E-state index in [0.717, 1.165) is 11.4 Å². The Bertz CT molecular complexity index is 419. The van der Waals surface area contributed by atoms with Crippen LogP contribution in [-0.2, 0) is 9.53 Å². The topological polar surface area (TPSA) is 55.3 Å². The number of ether oxygens (including phenoxy) is 1. The summed E-state index contributed by atoms with van der Waals surface area (Å²) in [6.45, 7) is 6.69. The highest BCUT2D eigenvalue weighted by Gasteiger charge is 2.11. The van der Waals surface area contributed by atoms with Crippen molar-refractivity contribution >= 4 is 11.9 Å². The van der Waals surface area contributed by atoms with Crippen molar-refractivity contribution in [3.05, 3.63) is 17.5 Å². The highest BCUT2D eigenvalue weighted by molar-refractivity contribution is 5.69. The molecule has 1 aromatic rings. The summed E-state index contributed by atoms with van der Waals surface area (Å²) in [6.07, 6.45) is 0.335. The molecule has 1 rings (SSSR count). The van der Waals surface area contributed by atoms with Crippen LogP contribution in [0.3, 0.4) is 0 Å². The maximum Gasteiger partial charge on any atom is 0.307 e. The predicted molar refractivity (Wildman–Crippen MR) is 70.8 cm³/mol. The second-order valence-electron chi connectivity index (χ2n) is 4.64. The summed E-state index contributed by atoms with van der Waals surface area (Å²) in [5.74, 6) is 0.792. The van der Waals surface area contributed by atoms with Crippen LogP contribution in [0.25, 0.3) is 0 Å². The normalized spacial score (nSPS) is 10.6. The largest absolute Gasteiger partial charge is 0.469 e. The van der Waals surface area contributed by atoms with Crippen LogP contribution in [0.5, 0.6) is 0 Å². The van der Waals surface area contributed by atoms with Crippen molar-refractivity contribution in [2.45, 2.75) is 33.1 Å². The molecule has 0 aliphatic heterocycles. The molecule has 0 saturated carbocycles. The minimum Gasteiger partial charge on any atom is -0.469 e. The third-order valence-corrected chi connectivity index (χ3v) is 2.67. The third kappa shape index (κ3) is 3.98. The summed E-state index contributed by atoms with van der Waals surface area (Å²) in [5.41, 5.74) is 1.95. The molecule has 0 aliphatic rings. The second kappa shape index (κ2) is 6.33. The molecule has 0 fully saturated rings. The van der Waals surface area contributed by atoms with Gasteiger partial charge < -0.3 is 9.64 Å². The quantitative estimate of drug-likeness (QED) is 0.748. The molecule has 0 aromatic carbocycles. The van der Waals surface area contributed by atoms with Gasteiger partial charge >= 0.3 is 5.97 Å². The number of anilines is 1. The van der Waals surface area contributed by atoms with Crippen molar-refractivity contribution in [1.82, 2.24) is 9.97 Å². The number of carbonyl (C=O) groups excluding carboxylic acids is 1. The standard InChI is InChI=1S/C13H21N3O2/c1-9(2)11-8-10(3)14-13(15-11)16(4)7-6-12(17)18-5/h8-9H,6-7H2,1-5H3. The summed E-state index contributed by atoms with van der Waals surface area (Å²) in [5, 5.41) is 0. The lowest BCUT2D eigenvalue weighted by Crippen LogP contribution is -2.24. The first-order chi connectivity index (χ1) is 8.43. The Labute approximate surface area is 108 Å². The fourth-order valence-electron chi connectivity index (χ4n) is 1.50. The van der Waals surface area contributed by atoms with Gasteiger partial charge in [0.25, 0.3) is 0 Å². The minimum atomic E-state index is -0.224. The van der Waals surface area contributed by atoms with Gasteiger partial charge in [-0.15, -0.1) is 0 Å². The maximum absolute atomic E-state index is 11.1. The summed E-state index contributed by atoms with van der Waals surface area (Å²) in [4.78, 5) is 21.9. The number of aromatic nitrogens is 2. The Morgan fingerprint density at radius 3 is 2.67 bits per heavy atom. The van der Waals surface area contributed by atoms with E-state index in [1.165, 1.54) is 7.11 Å². The Morgan fingerprint density at radius 2 is 2.11 bits per heavy atom. The zero-order chi connectivity index (χ0) is 13.7. The molecule has 100 valence electrons. The summed E-state index contributed by atoms with van der Waals surface area (Å²) in [6, 6.07) is 1.99. The van der Waals surface area contributed by atoms with Gasteiger partial charge in [-0.05, 0) is 18.9 Å². The molecule has 5 heteroatoms. The maximum atomic E-state index is 11.1. The van der Waals surface area contributed by atoms with Crippen LogP contribution < -0.4 is 4.90 Å². The smallest absolute Gasteiger partial charge is 0.307 e. The molecule has 18 heavy (non-hydrogen) atoms. The van der Waals surface area contributed by atoms with Crippen molar-refractivity contribution in [3.8, 4) is 0 Å². The monoisotopic (exact) mass is 251 g/mol. The molecule has 0 amide bonds. The Hall–Kier alpha value is -1.65. The van der Waals surface area contributed by atoms with Crippen LogP contribution in [0.4, 0.5) is 5.95 Å². The van der Waals surface area contributed by atoms with Gasteiger partial charge in [0.15, 0.2) is 0 Å². The van der Waals surface area contributed by atoms with E-state index >= 15 is 0 Å². The summed E-state index contributed by atoms with van der Waals surface area (Å²) in [7, 11) is 3.27. The van der Waals surface area contributed by atoms with E-state index in [1.807, 2.05) is 24.9 Å². The number of hydrogen-bond donors (Lipinski definition) is 0. The first-order valence-corrected chi connectivity index (χ1v) is 6.07. The summed E-state index contributed by atoms with van der Waals surface area (Å²) >= 11 is 0. The molecule has 0 bridgehead atoms. The van der Waals surface area contributed by atoms with Crippen LogP contribution in [-0.4, -0.2) is 36.6 Å². The number of aryl methyl sites for hydroxylation is 1. The number of nitrogens with zero attached hydrogens (tertiary/aromatic N) is 3. The van der Waals surface area contributed by atoms with Crippen LogP contribution >= 0.6 is 0 Å². The average Bonchev–Trinajstić information content (AvgIpc) is 2.34. The van der Waals surface area contributed by atoms with Crippen LogP contribution in [0.15, 0.2) is 6.07 Å². The molecular weight excluding hydrogens is 230 g/mol. The molecule has 5 nitrogen and oxygen atoms in total. The Kier molecular flexibility index (Phi) is 5.07. The fraction of sp³-hybridized carbons (Fsp3) is 0.615. The molecule has 0 spiro atoms. The lowest BCUT2D eigenvalue weighted by atomic mass is 10.1. The van der Waals surface area contributed by atoms with Gasteiger partial charge in [-0.2, -0.15) is 0 Å². The number of rotatable bonds is 5. The van der Waals surface area contributed by atoms with Gasteiger partial charge in [-0.25, -0.2) is 9.97 Å². The van der Waals surface area contributed by atoms with E-state index in [0.29, 0.717) is 24.8 Å². The highest BCUT2D eigenvalue weighted by atomic mass is 16.5. The molecule has 1 aromatic heterocycles. The molecule has 1 heterocycles. The van der Waals surface area contributed by atoms with E-state index in [9.17, 15) is 4.79 Å². The molecule has 0 aliphatic carbocycles. The third-order valence-electron chi connectivity index (χ3n) is 2.67. The Morgan fingerprint density at radius 1 is 1.44 bits per heavy atom. The molecular formula is C13H21N3O2. The van der Waals surface area contributed by atoms with Crippen molar-refractivity contribution in [2.24, 2.45) is 0 Å². The van der Waals surface area contributed by atoms with Gasteiger partial charge in [0.05, 0.1) is 13.5 Å². The van der Waals surface area contributed by atoms with Gasteiger partial charge in [0.2, 0.25) is 5.95 Å². The van der Waals surface area contributed by atoms with Crippen molar-refractivity contribution in [1.29, 1.82) is 0 Å². The van der Waals surface area contributed by atoms with Crippen LogP contribution in [0.2, 0.25) is 0 Å². The first-order valence-electron chi connectivity index (χ1n) is 6.07. The van der Waals surface area contributed by atoms with Gasteiger partial charge in [0.1, 0.15) is 0 Å². The van der Waals surface area contributed by atoms with Gasteiger partial charge in [-0.1, -0.05) is 13.8 Å². The molecule has 0 N–H and O–H groups in total. The fourth-order valence-corrected chi connectivity index (χ4v) is 1.50. The highest BCUT2D eigenvalue weighted by Crippen LogP contribution is 2.16. The van der Waals surface area contributed by atoms with Gasteiger partial charge in [-0.3, -0.25) is 4.79 Å². The zero-order valence-electron chi connectivity index (χ0n) is 11.7. The van der Waals surface area contributed by atoms with Crippen molar-refractivity contribution in [3.63, 3.8) is 0 Å². The van der Waals surface area contributed by atoms with Crippen molar-refractivity contribution < 1.29 is 9.53 Å². The SMILES string of the molecule is COC(=O)CCN(C)c1nc(C)cc(C(C)C)n1. The first kappa shape index (κ1) is 14.4. The minimum absolute atomic E-state index is 0.224. The predicted octanol–water partition coefficient (Wildman–Crippen LogP) is 1.91. The van der Waals surface area contributed by atoms with Gasteiger partial charge in [0, 0.05) is 25.0 Å². The van der Waals surface area contributed by atoms with E-state index in [2.05, 4.69) is 28.6 Å². The number of carbonyl (C=O) groups is 1. The number of hydrogen-bond acceptors (Lipinski definition) is 5. The molecule has 0 saturated heterocycles. The molecule has 0 atom stereocenters. The molecule has 0 radical (unpaired) electrons. The average molecular weight is 251 g/mol. The lowest BCUT2D eigenvalue weighted by molar-refractivity contribution is -0.140. The van der Waals surface area contributed by atoms with E-state index < -0.39 is 0 Å². The van der Waals surface area contributed by atoms with E-state index in [-0.39, 0.29) is 5.97 Å². The lowest BCUT2D eigenvalue weighted by Gasteiger charge is -2.18. The molecule has 0 unspecified atom stereocenters. The second-order valence-corrected chi connectivity index (χ2v) is 4.64. The Balaban J connectivity index is 2.78. The zero-order valence-corrected chi connectivity index (χ0v) is 11.7. The van der Waals surface area contributed by atoms with Crippen LogP contribution in [0.1, 0.15) is 37.6 Å². The van der Waals surface area contributed by atoms with E-state index in [1.54, 1.807) is 0 Å².